The minimum atomic E-state index is -0.272. The van der Waals surface area contributed by atoms with Gasteiger partial charge in [0.05, 0.1) is 0 Å². The van der Waals surface area contributed by atoms with E-state index in [1.54, 1.807) is 0 Å². The Labute approximate surface area is 136 Å². The van der Waals surface area contributed by atoms with Gasteiger partial charge in [0.15, 0.2) is 0 Å². The average molecular weight is 314 g/mol. The summed E-state index contributed by atoms with van der Waals surface area (Å²) >= 11 is 6.35. The highest BCUT2D eigenvalue weighted by atomic mass is 35.5. The minimum absolute atomic E-state index is 0.272. The Morgan fingerprint density at radius 3 is 2.68 bits per heavy atom. The van der Waals surface area contributed by atoms with Gasteiger partial charge in [0.2, 0.25) is 0 Å². The van der Waals surface area contributed by atoms with Crippen LogP contribution in [0.2, 0.25) is 5.02 Å². The van der Waals surface area contributed by atoms with Crippen molar-refractivity contribution in [2.75, 3.05) is 38.1 Å². The molecule has 0 spiro atoms. The Morgan fingerprint density at radius 1 is 1.05 bits per heavy atom. The number of benzene rings is 2. The fourth-order valence-electron chi connectivity index (χ4n) is 3.84. The summed E-state index contributed by atoms with van der Waals surface area (Å²) in [4.78, 5) is 4.87. The highest BCUT2D eigenvalue weighted by molar-refractivity contribution is 6.30. The average Bonchev–Trinajstić information content (AvgIpc) is 2.93. The lowest BCUT2D eigenvalue weighted by molar-refractivity contribution is 0.170. The van der Waals surface area contributed by atoms with Crippen LogP contribution in [-0.4, -0.2) is 38.1 Å². The number of likely N-dealkylation sites (N-methyl/N-ethyl adjacent to an activating group) is 1. The molecule has 2 aromatic rings. The summed E-state index contributed by atoms with van der Waals surface area (Å²) in [7, 11) is 2.16. The molecule has 0 aromatic heterocycles. The van der Waals surface area contributed by atoms with Crippen LogP contribution in [-0.2, 0) is 5.66 Å². The standard InChI is InChI=1S/C18H20ClN3/c1-21-11-12-22-10-9-20-18(22,14-5-3-2-4-6-14)16-13-15(19)7-8-17(16)21/h2-8,13,20H,9-12H2,1H3. The lowest BCUT2D eigenvalue weighted by atomic mass is 9.89. The van der Waals surface area contributed by atoms with Gasteiger partial charge in [0.25, 0.3) is 0 Å². The maximum Gasteiger partial charge on any atom is 0.126 e. The van der Waals surface area contributed by atoms with Crippen molar-refractivity contribution < 1.29 is 0 Å². The number of anilines is 1. The summed E-state index contributed by atoms with van der Waals surface area (Å²) in [5.74, 6) is 0. The summed E-state index contributed by atoms with van der Waals surface area (Å²) in [6.45, 7) is 4.09. The molecule has 4 rings (SSSR count). The van der Waals surface area contributed by atoms with Gasteiger partial charge in [-0.25, -0.2) is 0 Å². The molecule has 0 radical (unpaired) electrons. The van der Waals surface area contributed by atoms with Crippen molar-refractivity contribution in [3.05, 3.63) is 64.7 Å². The molecule has 0 amide bonds. The summed E-state index contributed by atoms with van der Waals surface area (Å²) in [5, 5.41) is 4.56. The predicted molar refractivity (Wildman–Crippen MR) is 91.5 cm³/mol. The number of nitrogens with one attached hydrogen (secondary N) is 1. The van der Waals surface area contributed by atoms with E-state index in [4.69, 9.17) is 11.6 Å². The van der Waals surface area contributed by atoms with Crippen LogP contribution in [0.4, 0.5) is 5.69 Å². The van der Waals surface area contributed by atoms with E-state index in [1.807, 2.05) is 6.07 Å². The smallest absolute Gasteiger partial charge is 0.126 e. The zero-order valence-electron chi connectivity index (χ0n) is 12.7. The third-order valence-corrected chi connectivity index (χ3v) is 5.13. The Kier molecular flexibility index (Phi) is 3.37. The lowest BCUT2D eigenvalue weighted by Crippen LogP contribution is -2.49. The van der Waals surface area contributed by atoms with E-state index >= 15 is 0 Å². The molecule has 4 heteroatoms. The van der Waals surface area contributed by atoms with Crippen LogP contribution in [0.5, 0.6) is 0 Å². The van der Waals surface area contributed by atoms with Crippen molar-refractivity contribution in [1.82, 2.24) is 10.2 Å². The molecule has 114 valence electrons. The van der Waals surface area contributed by atoms with Crippen molar-refractivity contribution in [3.63, 3.8) is 0 Å². The van der Waals surface area contributed by atoms with Gasteiger partial charge < -0.3 is 4.90 Å². The molecule has 2 aliphatic heterocycles. The first-order valence-corrected chi connectivity index (χ1v) is 8.16. The van der Waals surface area contributed by atoms with Gasteiger partial charge in [-0.3, -0.25) is 10.2 Å². The summed E-state index contributed by atoms with van der Waals surface area (Å²) in [6.07, 6.45) is 0. The fourth-order valence-corrected chi connectivity index (χ4v) is 4.01. The SMILES string of the molecule is CN1CCN2CCNC2(c2ccccc2)c2cc(Cl)ccc21. The third kappa shape index (κ3) is 1.97. The summed E-state index contributed by atoms with van der Waals surface area (Å²) < 4.78 is 0. The highest BCUT2D eigenvalue weighted by Gasteiger charge is 2.46. The molecule has 0 saturated carbocycles. The highest BCUT2D eigenvalue weighted by Crippen LogP contribution is 2.43. The Bertz CT molecular complexity index is 688. The van der Waals surface area contributed by atoms with Crippen LogP contribution in [0, 0.1) is 0 Å². The molecule has 3 nitrogen and oxygen atoms in total. The van der Waals surface area contributed by atoms with Crippen LogP contribution < -0.4 is 10.2 Å². The molecule has 2 aromatic carbocycles. The van der Waals surface area contributed by atoms with Crippen molar-refractivity contribution in [2.24, 2.45) is 0 Å². The van der Waals surface area contributed by atoms with Gasteiger partial charge >= 0.3 is 0 Å². The Balaban J connectivity index is 2.01. The van der Waals surface area contributed by atoms with Crippen molar-refractivity contribution >= 4 is 17.3 Å². The van der Waals surface area contributed by atoms with Gasteiger partial charge in [-0.05, 0) is 23.8 Å². The first kappa shape index (κ1) is 14.1. The van der Waals surface area contributed by atoms with E-state index in [2.05, 4.69) is 64.6 Å². The molecule has 1 fully saturated rings. The largest absolute Gasteiger partial charge is 0.373 e. The van der Waals surface area contributed by atoms with Crippen LogP contribution in [0.25, 0.3) is 0 Å². The topological polar surface area (TPSA) is 18.5 Å². The molecule has 2 aliphatic rings. The van der Waals surface area contributed by atoms with Crippen LogP contribution in [0.15, 0.2) is 48.5 Å². The van der Waals surface area contributed by atoms with Crippen molar-refractivity contribution in [2.45, 2.75) is 5.66 Å². The quantitative estimate of drug-likeness (QED) is 0.873. The summed E-state index contributed by atoms with van der Waals surface area (Å²) in [5.41, 5.74) is 3.52. The van der Waals surface area contributed by atoms with Crippen molar-refractivity contribution in [3.8, 4) is 0 Å². The fraction of sp³-hybridized carbons (Fsp3) is 0.333. The molecule has 1 atom stereocenters. The number of halogens is 1. The van der Waals surface area contributed by atoms with E-state index in [0.29, 0.717) is 0 Å². The van der Waals surface area contributed by atoms with Crippen LogP contribution >= 0.6 is 11.6 Å². The first-order valence-electron chi connectivity index (χ1n) is 7.78. The monoisotopic (exact) mass is 313 g/mol. The van der Waals surface area contributed by atoms with Gasteiger partial charge in [0, 0.05) is 49.5 Å². The molecule has 1 N–H and O–H groups in total. The van der Waals surface area contributed by atoms with E-state index in [-0.39, 0.29) is 5.66 Å². The molecule has 2 heterocycles. The zero-order chi connectivity index (χ0) is 15.2. The van der Waals surface area contributed by atoms with Gasteiger partial charge in [-0.1, -0.05) is 41.9 Å². The number of hydrogen-bond acceptors (Lipinski definition) is 3. The normalized spacial score (nSPS) is 24.7. The summed E-state index contributed by atoms with van der Waals surface area (Å²) in [6, 6.07) is 17.0. The second kappa shape index (κ2) is 5.27. The maximum atomic E-state index is 6.35. The first-order chi connectivity index (χ1) is 10.7. The van der Waals surface area contributed by atoms with Gasteiger partial charge in [-0.2, -0.15) is 0 Å². The molecule has 1 saturated heterocycles. The predicted octanol–water partition coefficient (Wildman–Crippen LogP) is 2.90. The zero-order valence-corrected chi connectivity index (χ0v) is 13.5. The lowest BCUT2D eigenvalue weighted by Gasteiger charge is -2.38. The van der Waals surface area contributed by atoms with Gasteiger partial charge in [0.1, 0.15) is 5.66 Å². The molecule has 0 bridgehead atoms. The van der Waals surface area contributed by atoms with E-state index < -0.39 is 0 Å². The molecular weight excluding hydrogens is 294 g/mol. The van der Waals surface area contributed by atoms with Gasteiger partial charge in [-0.15, -0.1) is 0 Å². The number of fused-ring (bicyclic) bond motifs is 3. The number of rotatable bonds is 1. The number of hydrogen-bond donors (Lipinski definition) is 1. The molecule has 1 unspecified atom stereocenters. The van der Waals surface area contributed by atoms with Crippen LogP contribution in [0.1, 0.15) is 11.1 Å². The molecule has 22 heavy (non-hydrogen) atoms. The van der Waals surface area contributed by atoms with E-state index in [1.165, 1.54) is 16.8 Å². The van der Waals surface area contributed by atoms with E-state index in [9.17, 15) is 0 Å². The minimum Gasteiger partial charge on any atom is -0.373 e. The van der Waals surface area contributed by atoms with E-state index in [0.717, 1.165) is 31.2 Å². The van der Waals surface area contributed by atoms with Crippen LogP contribution in [0.3, 0.4) is 0 Å². The third-order valence-electron chi connectivity index (χ3n) is 4.89. The second-order valence-corrected chi connectivity index (χ2v) is 6.51. The van der Waals surface area contributed by atoms with Crippen molar-refractivity contribution in [1.29, 1.82) is 0 Å². The Morgan fingerprint density at radius 2 is 1.86 bits per heavy atom. The molecular formula is C18H20ClN3. The number of nitrogens with zero attached hydrogens (tertiary/aromatic N) is 2. The maximum absolute atomic E-state index is 6.35. The Hall–Kier alpha value is -1.55. The second-order valence-electron chi connectivity index (χ2n) is 6.07. The molecule has 0 aliphatic carbocycles.